The molecule has 1 aliphatic heterocycles. The summed E-state index contributed by atoms with van der Waals surface area (Å²) in [5, 5.41) is 0.176. The lowest BCUT2D eigenvalue weighted by molar-refractivity contribution is 0.129. The van der Waals surface area contributed by atoms with Crippen LogP contribution in [0.15, 0.2) is 23.5 Å². The van der Waals surface area contributed by atoms with Crippen LogP contribution < -0.4 is 0 Å². The molecule has 0 radical (unpaired) electrons. The number of carbonyl (C=O) groups is 1. The van der Waals surface area contributed by atoms with Crippen LogP contribution in [0.3, 0.4) is 0 Å². The smallest absolute Gasteiger partial charge is 0.418 e. The van der Waals surface area contributed by atoms with Gasteiger partial charge in [0.25, 0.3) is 0 Å². The standard InChI is InChI=1S/C19H35NO3Si/c1-9-11-16-12-15(3)20(18(21)22-10-2)13-17(16)14-23-24(7,8)19(4,5)6/h12-13,16H,9-11,14H2,1-8H3. The number of allylic oxidation sites excluding steroid dienone is 2. The van der Waals surface area contributed by atoms with Crippen molar-refractivity contribution in [2.45, 2.75) is 72.5 Å². The lowest BCUT2D eigenvalue weighted by atomic mass is 9.92. The van der Waals surface area contributed by atoms with Crippen LogP contribution in [0.25, 0.3) is 0 Å². The summed E-state index contributed by atoms with van der Waals surface area (Å²) in [6, 6.07) is 0. The highest BCUT2D eigenvalue weighted by molar-refractivity contribution is 6.74. The molecule has 1 amide bonds. The van der Waals surface area contributed by atoms with E-state index in [0.717, 1.165) is 18.5 Å². The Bertz CT molecular complexity index is 503. The molecular formula is C19H35NO3Si. The summed E-state index contributed by atoms with van der Waals surface area (Å²) in [5.74, 6) is 0.338. The van der Waals surface area contributed by atoms with Gasteiger partial charge in [-0.05, 0) is 44.0 Å². The van der Waals surface area contributed by atoms with Gasteiger partial charge in [0, 0.05) is 17.8 Å². The Morgan fingerprint density at radius 3 is 2.42 bits per heavy atom. The molecule has 4 nitrogen and oxygen atoms in total. The first kappa shape index (κ1) is 21.0. The fourth-order valence-corrected chi connectivity index (χ4v) is 3.40. The van der Waals surface area contributed by atoms with Crippen molar-refractivity contribution in [2.24, 2.45) is 5.92 Å². The van der Waals surface area contributed by atoms with E-state index in [4.69, 9.17) is 9.16 Å². The summed E-state index contributed by atoms with van der Waals surface area (Å²) >= 11 is 0. The van der Waals surface area contributed by atoms with E-state index >= 15 is 0 Å². The van der Waals surface area contributed by atoms with E-state index in [0.29, 0.717) is 19.1 Å². The second kappa shape index (κ2) is 8.34. The maximum Gasteiger partial charge on any atom is 0.418 e. The predicted molar refractivity (Wildman–Crippen MR) is 102 cm³/mol. The van der Waals surface area contributed by atoms with Crippen LogP contribution in [0, 0.1) is 5.92 Å². The first-order valence-corrected chi connectivity index (χ1v) is 11.9. The summed E-state index contributed by atoms with van der Waals surface area (Å²) in [4.78, 5) is 13.8. The Kier molecular flexibility index (Phi) is 7.29. The molecule has 0 N–H and O–H groups in total. The lowest BCUT2D eigenvalue weighted by Gasteiger charge is -2.37. The molecule has 1 rings (SSSR count). The Morgan fingerprint density at radius 2 is 1.92 bits per heavy atom. The van der Waals surface area contributed by atoms with Crippen molar-refractivity contribution in [2.75, 3.05) is 13.2 Å². The highest BCUT2D eigenvalue weighted by Gasteiger charge is 2.37. The zero-order valence-electron chi connectivity index (χ0n) is 16.7. The van der Waals surface area contributed by atoms with E-state index < -0.39 is 8.32 Å². The van der Waals surface area contributed by atoms with Gasteiger partial charge >= 0.3 is 6.09 Å². The Balaban J connectivity index is 2.97. The molecule has 0 aromatic heterocycles. The van der Waals surface area contributed by atoms with Crippen molar-refractivity contribution >= 4 is 14.4 Å². The topological polar surface area (TPSA) is 38.8 Å². The zero-order chi connectivity index (χ0) is 18.5. The Hall–Kier alpha value is -1.07. The van der Waals surface area contributed by atoms with Gasteiger partial charge < -0.3 is 9.16 Å². The number of ether oxygens (including phenoxy) is 1. The van der Waals surface area contributed by atoms with Gasteiger partial charge in [0.05, 0.1) is 13.2 Å². The van der Waals surface area contributed by atoms with Crippen LogP contribution in [0.4, 0.5) is 4.79 Å². The maximum absolute atomic E-state index is 12.2. The highest BCUT2D eigenvalue weighted by atomic mass is 28.4. The Labute approximate surface area is 149 Å². The van der Waals surface area contributed by atoms with Gasteiger partial charge in [-0.25, -0.2) is 4.79 Å². The van der Waals surface area contributed by atoms with Gasteiger partial charge in [-0.2, -0.15) is 0 Å². The first-order valence-electron chi connectivity index (χ1n) is 9.02. The first-order chi connectivity index (χ1) is 11.0. The van der Waals surface area contributed by atoms with Crippen LogP contribution in [-0.4, -0.2) is 32.5 Å². The molecule has 0 saturated heterocycles. The number of nitrogens with zero attached hydrogens (tertiary/aromatic N) is 1. The minimum absolute atomic E-state index is 0.176. The normalized spacial score (nSPS) is 19.0. The molecule has 0 fully saturated rings. The van der Waals surface area contributed by atoms with Crippen molar-refractivity contribution in [3.05, 3.63) is 23.5 Å². The van der Waals surface area contributed by atoms with Crippen molar-refractivity contribution in [1.29, 1.82) is 0 Å². The van der Waals surface area contributed by atoms with Gasteiger partial charge in [0.15, 0.2) is 8.32 Å². The molecule has 1 atom stereocenters. The molecule has 1 heterocycles. The lowest BCUT2D eigenvalue weighted by Crippen LogP contribution is -2.42. The van der Waals surface area contributed by atoms with Crippen LogP contribution in [0.5, 0.6) is 0 Å². The summed E-state index contributed by atoms with van der Waals surface area (Å²) in [7, 11) is -1.82. The monoisotopic (exact) mass is 353 g/mol. The summed E-state index contributed by atoms with van der Waals surface area (Å²) in [6.07, 6.45) is 5.96. The van der Waals surface area contributed by atoms with Crippen LogP contribution in [-0.2, 0) is 9.16 Å². The minimum atomic E-state index is -1.82. The number of amides is 1. The largest absolute Gasteiger partial charge is 0.449 e. The third-order valence-electron chi connectivity index (χ3n) is 5.06. The Morgan fingerprint density at radius 1 is 1.29 bits per heavy atom. The third-order valence-corrected chi connectivity index (χ3v) is 9.54. The molecule has 0 aromatic rings. The third kappa shape index (κ3) is 5.21. The molecule has 138 valence electrons. The van der Waals surface area contributed by atoms with Gasteiger partial charge in [-0.1, -0.05) is 40.2 Å². The van der Waals surface area contributed by atoms with Crippen molar-refractivity contribution in [1.82, 2.24) is 4.90 Å². The van der Waals surface area contributed by atoms with Gasteiger partial charge in [0.2, 0.25) is 0 Å². The van der Waals surface area contributed by atoms with Crippen molar-refractivity contribution in [3.63, 3.8) is 0 Å². The van der Waals surface area contributed by atoms with Crippen LogP contribution in [0.1, 0.15) is 54.4 Å². The minimum Gasteiger partial charge on any atom is -0.449 e. The highest BCUT2D eigenvalue weighted by Crippen LogP contribution is 2.38. The van der Waals surface area contributed by atoms with E-state index in [1.165, 1.54) is 5.57 Å². The number of hydrogen-bond donors (Lipinski definition) is 0. The molecule has 24 heavy (non-hydrogen) atoms. The van der Waals surface area contributed by atoms with Crippen molar-refractivity contribution in [3.8, 4) is 0 Å². The zero-order valence-corrected chi connectivity index (χ0v) is 17.7. The fourth-order valence-electron chi connectivity index (χ4n) is 2.44. The van der Waals surface area contributed by atoms with E-state index in [9.17, 15) is 4.79 Å². The average molecular weight is 354 g/mol. The second-order valence-corrected chi connectivity index (χ2v) is 12.8. The predicted octanol–water partition coefficient (Wildman–Crippen LogP) is 5.68. The second-order valence-electron chi connectivity index (χ2n) is 8.03. The summed E-state index contributed by atoms with van der Waals surface area (Å²) < 4.78 is 11.6. The number of carbonyl (C=O) groups excluding carboxylic acids is 1. The van der Waals surface area contributed by atoms with Crippen LogP contribution >= 0.6 is 0 Å². The van der Waals surface area contributed by atoms with E-state index in [1.54, 1.807) is 4.90 Å². The molecule has 0 aliphatic carbocycles. The quantitative estimate of drug-likeness (QED) is 0.576. The molecule has 0 aromatic carbocycles. The van der Waals surface area contributed by atoms with Crippen molar-refractivity contribution < 1.29 is 14.0 Å². The number of rotatable bonds is 6. The molecule has 5 heteroatoms. The molecule has 1 unspecified atom stereocenters. The summed E-state index contributed by atoms with van der Waals surface area (Å²) in [5.41, 5.74) is 2.10. The van der Waals surface area contributed by atoms with Gasteiger partial charge in [-0.3, -0.25) is 4.90 Å². The van der Waals surface area contributed by atoms with Gasteiger partial charge in [0.1, 0.15) is 0 Å². The molecule has 0 saturated carbocycles. The SMILES string of the molecule is CCCC1C=C(C)N(C(=O)OCC)C=C1CO[Si](C)(C)C(C)(C)C. The van der Waals surface area contributed by atoms with Crippen LogP contribution in [0.2, 0.25) is 18.1 Å². The van der Waals surface area contributed by atoms with E-state index in [2.05, 4.69) is 46.9 Å². The number of hydrogen-bond acceptors (Lipinski definition) is 3. The van der Waals surface area contributed by atoms with E-state index in [1.807, 2.05) is 20.0 Å². The maximum atomic E-state index is 12.2. The van der Waals surface area contributed by atoms with E-state index in [-0.39, 0.29) is 11.1 Å². The average Bonchev–Trinajstić information content (AvgIpc) is 2.45. The molecular weight excluding hydrogens is 318 g/mol. The molecule has 0 bridgehead atoms. The van der Waals surface area contributed by atoms with Gasteiger partial charge in [-0.15, -0.1) is 0 Å². The molecule has 0 spiro atoms. The molecule has 1 aliphatic rings. The fraction of sp³-hybridized carbons (Fsp3) is 0.737. The summed E-state index contributed by atoms with van der Waals surface area (Å²) in [6.45, 7) is 18.2.